The first-order chi connectivity index (χ1) is 9.50. The lowest BCUT2D eigenvalue weighted by Gasteiger charge is -2.08. The zero-order chi connectivity index (χ0) is 14.3. The molecular formula is C13H12N4O2S. The van der Waals surface area contributed by atoms with Crippen LogP contribution in [0.4, 0.5) is 11.6 Å². The summed E-state index contributed by atoms with van der Waals surface area (Å²) in [5.41, 5.74) is 12.8. The highest BCUT2D eigenvalue weighted by molar-refractivity contribution is 7.90. The van der Waals surface area contributed by atoms with Crippen LogP contribution in [0.5, 0.6) is 0 Å². The third-order valence-corrected chi connectivity index (χ3v) is 4.69. The number of hydrogen-bond donors (Lipinski definition) is 2. The van der Waals surface area contributed by atoms with Crippen LogP contribution in [0.3, 0.4) is 0 Å². The molecule has 7 heteroatoms. The predicted molar refractivity (Wildman–Crippen MR) is 77.6 cm³/mol. The van der Waals surface area contributed by atoms with Crippen molar-refractivity contribution in [3.8, 4) is 0 Å². The zero-order valence-electron chi connectivity index (χ0n) is 10.4. The third kappa shape index (κ3) is 1.79. The number of nitrogen functional groups attached to an aromatic ring is 2. The lowest BCUT2D eigenvalue weighted by atomic mass is 10.3. The molecule has 1 aromatic heterocycles. The number of fused-ring (bicyclic) bond motifs is 1. The molecule has 0 amide bonds. The molecule has 0 fully saturated rings. The summed E-state index contributed by atoms with van der Waals surface area (Å²) in [5.74, 6) is -0.0666. The molecule has 0 unspecified atom stereocenters. The van der Waals surface area contributed by atoms with E-state index in [1.165, 1.54) is 24.3 Å². The number of benzene rings is 2. The van der Waals surface area contributed by atoms with E-state index in [0.29, 0.717) is 16.7 Å². The van der Waals surface area contributed by atoms with E-state index in [1.807, 2.05) is 0 Å². The molecule has 0 atom stereocenters. The maximum absolute atomic E-state index is 12.6. The third-order valence-electron chi connectivity index (χ3n) is 2.96. The molecule has 102 valence electrons. The lowest BCUT2D eigenvalue weighted by Crippen LogP contribution is -2.15. The van der Waals surface area contributed by atoms with Gasteiger partial charge in [0.25, 0.3) is 10.0 Å². The molecular weight excluding hydrogens is 276 g/mol. The summed E-state index contributed by atoms with van der Waals surface area (Å²) in [5, 5.41) is 0. The summed E-state index contributed by atoms with van der Waals surface area (Å²) in [6.07, 6.45) is 0. The first kappa shape index (κ1) is 12.5. The summed E-state index contributed by atoms with van der Waals surface area (Å²) in [7, 11) is -3.80. The van der Waals surface area contributed by atoms with E-state index in [1.54, 1.807) is 24.3 Å². The van der Waals surface area contributed by atoms with Gasteiger partial charge in [-0.3, -0.25) is 0 Å². The number of nitrogens with two attached hydrogens (primary N) is 2. The van der Waals surface area contributed by atoms with E-state index in [-0.39, 0.29) is 10.8 Å². The Balaban J connectivity index is 2.29. The summed E-state index contributed by atoms with van der Waals surface area (Å²) in [6, 6.07) is 12.8. The van der Waals surface area contributed by atoms with E-state index in [4.69, 9.17) is 11.5 Å². The smallest absolute Gasteiger partial charge is 0.271 e. The summed E-state index contributed by atoms with van der Waals surface area (Å²) in [4.78, 5) is 4.17. The molecule has 3 aromatic rings. The summed E-state index contributed by atoms with van der Waals surface area (Å²) in [6.45, 7) is 0. The second-order valence-electron chi connectivity index (χ2n) is 4.30. The molecule has 2 aromatic carbocycles. The normalized spacial score (nSPS) is 11.8. The Morgan fingerprint density at radius 3 is 2.30 bits per heavy atom. The predicted octanol–water partition coefficient (Wildman–Crippen LogP) is 1.44. The highest BCUT2D eigenvalue weighted by atomic mass is 32.2. The molecule has 0 aliphatic rings. The number of para-hydroxylation sites is 2. The van der Waals surface area contributed by atoms with Crippen LogP contribution in [-0.2, 0) is 10.0 Å². The van der Waals surface area contributed by atoms with Gasteiger partial charge in [-0.05, 0) is 36.4 Å². The molecule has 4 N–H and O–H groups in total. The highest BCUT2D eigenvalue weighted by Crippen LogP contribution is 2.24. The van der Waals surface area contributed by atoms with Crippen LogP contribution in [0.2, 0.25) is 0 Å². The Kier molecular flexibility index (Phi) is 2.65. The quantitative estimate of drug-likeness (QED) is 0.694. The number of rotatable bonds is 2. The number of anilines is 2. The van der Waals surface area contributed by atoms with E-state index in [9.17, 15) is 8.42 Å². The molecule has 1 heterocycles. The fourth-order valence-electron chi connectivity index (χ4n) is 2.02. The minimum atomic E-state index is -3.80. The average Bonchev–Trinajstić information content (AvgIpc) is 2.75. The topological polar surface area (TPSA) is 104 Å². The Bertz CT molecular complexity index is 882. The van der Waals surface area contributed by atoms with Gasteiger partial charge in [0.15, 0.2) is 0 Å². The van der Waals surface area contributed by atoms with Crippen LogP contribution in [-0.4, -0.2) is 17.4 Å². The molecule has 0 aliphatic carbocycles. The fraction of sp³-hybridized carbons (Fsp3) is 0. The average molecular weight is 288 g/mol. The van der Waals surface area contributed by atoms with E-state index >= 15 is 0 Å². The van der Waals surface area contributed by atoms with Crippen molar-refractivity contribution in [2.75, 3.05) is 11.5 Å². The summed E-state index contributed by atoms with van der Waals surface area (Å²) >= 11 is 0. The molecule has 3 rings (SSSR count). The Labute approximate surface area is 115 Å². The van der Waals surface area contributed by atoms with Gasteiger partial charge in [0.05, 0.1) is 15.9 Å². The van der Waals surface area contributed by atoms with Gasteiger partial charge in [-0.25, -0.2) is 17.4 Å². The first-order valence-electron chi connectivity index (χ1n) is 5.84. The summed E-state index contributed by atoms with van der Waals surface area (Å²) < 4.78 is 26.3. The molecule has 0 spiro atoms. The van der Waals surface area contributed by atoms with Crippen molar-refractivity contribution in [3.63, 3.8) is 0 Å². The van der Waals surface area contributed by atoms with Crippen LogP contribution < -0.4 is 11.5 Å². The van der Waals surface area contributed by atoms with Gasteiger partial charge in [-0.15, -0.1) is 0 Å². The molecule has 0 bridgehead atoms. The van der Waals surface area contributed by atoms with Crippen LogP contribution in [0, 0.1) is 0 Å². The van der Waals surface area contributed by atoms with Crippen molar-refractivity contribution in [3.05, 3.63) is 48.5 Å². The van der Waals surface area contributed by atoms with Gasteiger partial charge in [0.1, 0.15) is 0 Å². The molecule has 0 saturated carbocycles. The van der Waals surface area contributed by atoms with Crippen molar-refractivity contribution in [2.24, 2.45) is 0 Å². The Morgan fingerprint density at radius 1 is 0.950 bits per heavy atom. The van der Waals surface area contributed by atoms with Gasteiger partial charge in [0.2, 0.25) is 5.95 Å². The number of hydrogen-bond acceptors (Lipinski definition) is 5. The van der Waals surface area contributed by atoms with Crippen molar-refractivity contribution in [1.29, 1.82) is 0 Å². The van der Waals surface area contributed by atoms with E-state index in [0.717, 1.165) is 3.97 Å². The van der Waals surface area contributed by atoms with Gasteiger partial charge < -0.3 is 11.5 Å². The Hall–Kier alpha value is -2.54. The highest BCUT2D eigenvalue weighted by Gasteiger charge is 2.22. The van der Waals surface area contributed by atoms with Crippen molar-refractivity contribution in [1.82, 2.24) is 8.96 Å². The van der Waals surface area contributed by atoms with Crippen molar-refractivity contribution in [2.45, 2.75) is 4.90 Å². The Morgan fingerprint density at radius 2 is 1.60 bits per heavy atom. The minimum Gasteiger partial charge on any atom is -0.399 e. The van der Waals surface area contributed by atoms with Gasteiger partial charge in [-0.1, -0.05) is 12.1 Å². The number of imidazole rings is 1. The minimum absolute atomic E-state index is 0.0666. The lowest BCUT2D eigenvalue weighted by molar-refractivity contribution is 0.589. The molecule has 0 radical (unpaired) electrons. The van der Waals surface area contributed by atoms with Crippen LogP contribution in [0.1, 0.15) is 0 Å². The van der Waals surface area contributed by atoms with Crippen LogP contribution in [0.15, 0.2) is 53.4 Å². The van der Waals surface area contributed by atoms with Crippen molar-refractivity contribution < 1.29 is 8.42 Å². The SMILES string of the molecule is Nc1ccc(S(=O)(=O)n2c(N)nc3ccccc32)cc1. The number of aromatic nitrogens is 2. The molecule has 6 nitrogen and oxygen atoms in total. The van der Waals surface area contributed by atoms with Gasteiger partial charge in [-0.2, -0.15) is 0 Å². The zero-order valence-corrected chi connectivity index (χ0v) is 11.2. The molecule has 0 aliphatic heterocycles. The van der Waals surface area contributed by atoms with Crippen LogP contribution in [0.25, 0.3) is 11.0 Å². The molecule has 0 saturated heterocycles. The maximum Gasteiger partial charge on any atom is 0.271 e. The first-order valence-corrected chi connectivity index (χ1v) is 7.28. The fourth-order valence-corrected chi connectivity index (χ4v) is 3.41. The van der Waals surface area contributed by atoms with Gasteiger partial charge >= 0.3 is 0 Å². The second-order valence-corrected chi connectivity index (χ2v) is 6.08. The monoisotopic (exact) mass is 288 g/mol. The van der Waals surface area contributed by atoms with E-state index in [2.05, 4.69) is 4.98 Å². The van der Waals surface area contributed by atoms with Gasteiger partial charge in [0, 0.05) is 5.69 Å². The largest absolute Gasteiger partial charge is 0.399 e. The maximum atomic E-state index is 12.6. The van der Waals surface area contributed by atoms with E-state index < -0.39 is 10.0 Å². The molecule has 20 heavy (non-hydrogen) atoms. The van der Waals surface area contributed by atoms with Crippen LogP contribution >= 0.6 is 0 Å². The standard InChI is InChI=1S/C13H12N4O2S/c14-9-5-7-10(8-6-9)20(18,19)17-12-4-2-1-3-11(12)16-13(17)15/h1-8H,14H2,(H2,15,16). The van der Waals surface area contributed by atoms with Crippen molar-refractivity contribution >= 4 is 32.7 Å². The second kappa shape index (κ2) is 4.24. The number of nitrogens with zero attached hydrogens (tertiary/aromatic N) is 2.